The highest BCUT2D eigenvalue weighted by Gasteiger charge is 2.19. The van der Waals surface area contributed by atoms with Gasteiger partial charge in [-0.2, -0.15) is 5.10 Å². The largest absolute Gasteiger partial charge is 0.398 e. The number of H-pyrrole nitrogens is 1. The van der Waals surface area contributed by atoms with Gasteiger partial charge in [-0.1, -0.05) is 0 Å². The van der Waals surface area contributed by atoms with E-state index in [0.717, 1.165) is 5.56 Å². The molecule has 4 N–H and O–H groups in total. The smallest absolute Gasteiger partial charge is 0.262 e. The van der Waals surface area contributed by atoms with Crippen LogP contribution in [0.15, 0.2) is 29.4 Å². The second-order valence-electron chi connectivity index (χ2n) is 4.07. The molecule has 1 heterocycles. The Morgan fingerprint density at radius 2 is 2.06 bits per heavy atom. The van der Waals surface area contributed by atoms with Crippen molar-refractivity contribution in [3.05, 3.63) is 35.7 Å². The molecule has 1 aromatic carbocycles. The van der Waals surface area contributed by atoms with Gasteiger partial charge in [0, 0.05) is 11.9 Å². The number of hydrogen-bond donors (Lipinski definition) is 3. The molecule has 2 rings (SSSR count). The number of rotatable bonds is 3. The fourth-order valence-electron chi connectivity index (χ4n) is 1.65. The zero-order chi connectivity index (χ0) is 13.3. The number of nitrogens with one attached hydrogen (secondary N) is 2. The van der Waals surface area contributed by atoms with E-state index < -0.39 is 10.0 Å². The third kappa shape index (κ3) is 2.30. The highest BCUT2D eigenvalue weighted by atomic mass is 32.2. The number of nitrogen functional groups attached to an aromatic ring is 1. The number of aromatic amines is 1. The monoisotopic (exact) mass is 266 g/mol. The van der Waals surface area contributed by atoms with Crippen molar-refractivity contribution >= 4 is 21.4 Å². The average molecular weight is 266 g/mol. The van der Waals surface area contributed by atoms with E-state index in [1.165, 1.54) is 12.4 Å². The van der Waals surface area contributed by atoms with Crippen molar-refractivity contribution in [1.29, 1.82) is 0 Å². The maximum absolute atomic E-state index is 12.2. The molecule has 2 aromatic rings. The molecule has 0 spiro atoms. The summed E-state index contributed by atoms with van der Waals surface area (Å²) < 4.78 is 26.9. The molecule has 0 bridgehead atoms. The molecule has 1 aromatic heterocycles. The lowest BCUT2D eigenvalue weighted by molar-refractivity contribution is 0.600. The van der Waals surface area contributed by atoms with E-state index >= 15 is 0 Å². The molecule has 0 unspecified atom stereocenters. The van der Waals surface area contributed by atoms with E-state index in [2.05, 4.69) is 14.9 Å². The first-order chi connectivity index (χ1) is 8.40. The fraction of sp³-hybridized carbons (Fsp3) is 0.182. The number of aryl methyl sites for hydroxylation is 1. The van der Waals surface area contributed by atoms with E-state index in [4.69, 9.17) is 5.73 Å². The van der Waals surface area contributed by atoms with Crippen molar-refractivity contribution in [2.75, 3.05) is 10.5 Å². The lowest BCUT2D eigenvalue weighted by atomic mass is 10.1. The molecular weight excluding hydrogens is 252 g/mol. The van der Waals surface area contributed by atoms with Crippen LogP contribution in [0, 0.1) is 13.8 Å². The molecule has 18 heavy (non-hydrogen) atoms. The maximum atomic E-state index is 12.2. The summed E-state index contributed by atoms with van der Waals surface area (Å²) in [5.74, 6) is 0. The topological polar surface area (TPSA) is 101 Å². The molecule has 0 saturated carbocycles. The minimum absolute atomic E-state index is 0.182. The molecule has 0 aliphatic rings. The van der Waals surface area contributed by atoms with Gasteiger partial charge >= 0.3 is 0 Å². The molecular formula is C11H14N4O2S. The summed E-state index contributed by atoms with van der Waals surface area (Å²) >= 11 is 0. The zero-order valence-electron chi connectivity index (χ0n) is 10.1. The number of hydrogen-bond acceptors (Lipinski definition) is 4. The summed E-state index contributed by atoms with van der Waals surface area (Å²) in [4.78, 5) is 0.182. The summed E-state index contributed by atoms with van der Waals surface area (Å²) in [5, 5.41) is 6.22. The SMILES string of the molecule is Cc1cc(N)c(C)c(S(=O)(=O)Nc2cn[nH]c2)c1. The van der Waals surface area contributed by atoms with Crippen LogP contribution in [0.25, 0.3) is 0 Å². The average Bonchev–Trinajstić information content (AvgIpc) is 2.75. The van der Waals surface area contributed by atoms with E-state index in [1.54, 1.807) is 26.0 Å². The van der Waals surface area contributed by atoms with Crippen molar-refractivity contribution in [3.63, 3.8) is 0 Å². The van der Waals surface area contributed by atoms with Gasteiger partial charge in [-0.3, -0.25) is 9.82 Å². The Labute approximate surface area is 105 Å². The van der Waals surface area contributed by atoms with Gasteiger partial charge < -0.3 is 5.73 Å². The molecule has 0 radical (unpaired) electrons. The first-order valence-corrected chi connectivity index (χ1v) is 6.77. The Morgan fingerprint density at radius 1 is 1.33 bits per heavy atom. The molecule has 0 aliphatic heterocycles. The van der Waals surface area contributed by atoms with Gasteiger partial charge in [-0.25, -0.2) is 8.42 Å². The van der Waals surface area contributed by atoms with Gasteiger partial charge in [0.1, 0.15) is 0 Å². The fourth-order valence-corrected chi connectivity index (χ4v) is 3.04. The summed E-state index contributed by atoms with van der Waals surface area (Å²) in [7, 11) is -3.65. The van der Waals surface area contributed by atoms with E-state index in [9.17, 15) is 8.42 Å². The number of anilines is 2. The Balaban J connectivity index is 2.48. The van der Waals surface area contributed by atoms with Crippen molar-refractivity contribution in [2.45, 2.75) is 18.7 Å². The molecule has 6 nitrogen and oxygen atoms in total. The standard InChI is InChI=1S/C11H14N4O2S/c1-7-3-10(12)8(2)11(4-7)18(16,17)15-9-5-13-14-6-9/h3-6,15H,12H2,1-2H3,(H,13,14). The van der Waals surface area contributed by atoms with E-state index in [-0.39, 0.29) is 4.90 Å². The van der Waals surface area contributed by atoms with Gasteiger partial charge in [-0.15, -0.1) is 0 Å². The van der Waals surface area contributed by atoms with Crippen LogP contribution in [0.1, 0.15) is 11.1 Å². The number of aromatic nitrogens is 2. The third-order valence-electron chi connectivity index (χ3n) is 2.58. The van der Waals surface area contributed by atoms with Crippen molar-refractivity contribution < 1.29 is 8.42 Å². The van der Waals surface area contributed by atoms with Crippen LogP contribution in [0.3, 0.4) is 0 Å². The lowest BCUT2D eigenvalue weighted by Crippen LogP contribution is -2.15. The number of benzene rings is 1. The predicted octanol–water partition coefficient (Wildman–Crippen LogP) is 1.41. The van der Waals surface area contributed by atoms with Gasteiger partial charge in [0.2, 0.25) is 0 Å². The molecule has 0 atom stereocenters. The van der Waals surface area contributed by atoms with Crippen molar-refractivity contribution in [1.82, 2.24) is 10.2 Å². The van der Waals surface area contributed by atoms with Crippen LogP contribution >= 0.6 is 0 Å². The molecule has 7 heteroatoms. The number of nitrogens with two attached hydrogens (primary N) is 1. The van der Waals surface area contributed by atoms with Crippen LogP contribution in [0.4, 0.5) is 11.4 Å². The second kappa shape index (κ2) is 4.34. The Bertz CT molecular complexity index is 663. The normalized spacial score (nSPS) is 11.4. The third-order valence-corrected chi connectivity index (χ3v) is 4.09. The van der Waals surface area contributed by atoms with Gasteiger partial charge in [0.15, 0.2) is 0 Å². The Morgan fingerprint density at radius 3 is 2.67 bits per heavy atom. The van der Waals surface area contributed by atoms with Gasteiger partial charge in [0.05, 0.1) is 16.8 Å². The Hall–Kier alpha value is -2.02. The summed E-state index contributed by atoms with van der Waals surface area (Å²) in [6, 6.07) is 3.33. The summed E-state index contributed by atoms with van der Waals surface area (Å²) in [6.45, 7) is 3.48. The van der Waals surface area contributed by atoms with Gasteiger partial charge in [-0.05, 0) is 37.1 Å². The Kier molecular flexibility index (Phi) is 3.00. The second-order valence-corrected chi connectivity index (χ2v) is 5.72. The zero-order valence-corrected chi connectivity index (χ0v) is 10.9. The van der Waals surface area contributed by atoms with Crippen LogP contribution in [0.2, 0.25) is 0 Å². The highest BCUT2D eigenvalue weighted by molar-refractivity contribution is 7.92. The minimum Gasteiger partial charge on any atom is -0.398 e. The van der Waals surface area contributed by atoms with Crippen molar-refractivity contribution in [3.8, 4) is 0 Å². The first-order valence-electron chi connectivity index (χ1n) is 5.28. The molecule has 0 saturated heterocycles. The van der Waals surface area contributed by atoms with Crippen LogP contribution in [0.5, 0.6) is 0 Å². The lowest BCUT2D eigenvalue weighted by Gasteiger charge is -2.11. The minimum atomic E-state index is -3.65. The number of sulfonamides is 1. The summed E-state index contributed by atoms with van der Waals surface area (Å²) in [6.07, 6.45) is 2.86. The van der Waals surface area contributed by atoms with E-state index in [0.29, 0.717) is 16.9 Å². The first kappa shape index (κ1) is 12.4. The van der Waals surface area contributed by atoms with Crippen LogP contribution in [-0.2, 0) is 10.0 Å². The van der Waals surface area contributed by atoms with E-state index in [1.807, 2.05) is 0 Å². The maximum Gasteiger partial charge on any atom is 0.262 e. The highest BCUT2D eigenvalue weighted by Crippen LogP contribution is 2.24. The molecule has 0 aliphatic carbocycles. The molecule has 0 fully saturated rings. The van der Waals surface area contributed by atoms with Gasteiger partial charge in [0.25, 0.3) is 10.0 Å². The molecule has 0 amide bonds. The van der Waals surface area contributed by atoms with Crippen molar-refractivity contribution in [2.24, 2.45) is 0 Å². The predicted molar refractivity (Wildman–Crippen MR) is 69.7 cm³/mol. The quantitative estimate of drug-likeness (QED) is 0.731. The number of nitrogens with zero attached hydrogens (tertiary/aromatic N) is 1. The van der Waals surface area contributed by atoms with Crippen LogP contribution in [-0.4, -0.2) is 18.6 Å². The summed E-state index contributed by atoms with van der Waals surface area (Å²) in [5.41, 5.74) is 7.96. The van der Waals surface area contributed by atoms with Crippen LogP contribution < -0.4 is 10.5 Å². The molecule has 96 valence electrons.